The molecule has 6 nitrogen and oxygen atoms in total. The molecule has 0 aliphatic rings. The molecule has 36 heavy (non-hydrogen) atoms. The largest absolute Gasteiger partial charge is 0.427 e. The first-order valence-electron chi connectivity index (χ1n) is 11.6. The number of ether oxygens (including phenoxy) is 1. The monoisotopic (exact) mass is 478 g/mol. The molecule has 4 rings (SSSR count). The maximum atomic E-state index is 13.4. The van der Waals surface area contributed by atoms with Crippen LogP contribution in [0.1, 0.15) is 39.9 Å². The number of para-hydroxylation sites is 1. The van der Waals surface area contributed by atoms with Crippen molar-refractivity contribution < 1.29 is 19.1 Å². The summed E-state index contributed by atoms with van der Waals surface area (Å²) in [5, 5.41) is 5.93. The van der Waals surface area contributed by atoms with Crippen LogP contribution in [0, 0.1) is 0 Å². The highest BCUT2D eigenvalue weighted by molar-refractivity contribution is 6.05. The number of amides is 2. The predicted octanol–water partition coefficient (Wildman–Crippen LogP) is 5.31. The Morgan fingerprint density at radius 3 is 2.00 bits per heavy atom. The minimum absolute atomic E-state index is 0.136. The zero-order chi connectivity index (χ0) is 25.3. The molecule has 0 heterocycles. The average Bonchev–Trinajstić information content (AvgIpc) is 2.89. The van der Waals surface area contributed by atoms with Crippen molar-refractivity contribution in [3.05, 3.63) is 131 Å². The van der Waals surface area contributed by atoms with E-state index in [0.29, 0.717) is 17.0 Å². The van der Waals surface area contributed by atoms with Gasteiger partial charge in [0.25, 0.3) is 5.91 Å². The Bertz CT molecular complexity index is 1310. The first kappa shape index (κ1) is 24.4. The number of hydrogen-bond donors (Lipinski definition) is 2. The number of esters is 1. The third kappa shape index (κ3) is 6.24. The van der Waals surface area contributed by atoms with Gasteiger partial charge in [0, 0.05) is 24.7 Å². The second-order valence-corrected chi connectivity index (χ2v) is 8.20. The maximum absolute atomic E-state index is 13.4. The van der Waals surface area contributed by atoms with E-state index in [1.54, 1.807) is 24.3 Å². The quantitative estimate of drug-likeness (QED) is 0.265. The topological polar surface area (TPSA) is 84.5 Å². The van der Waals surface area contributed by atoms with Crippen LogP contribution in [0.25, 0.3) is 0 Å². The standard InChI is InChI=1S/C30H26N2O4/c1-21(33)36-26-17-10-16-24(19-26)29(34)32-27-18-9-8-15-25(27)20-31-30(35)28(22-11-4-2-5-12-22)23-13-6-3-7-14-23/h2-19,28H,20H2,1H3,(H,31,35)(H,32,34). The molecule has 0 radical (unpaired) electrons. The van der Waals surface area contributed by atoms with Crippen molar-refractivity contribution in [3.63, 3.8) is 0 Å². The Morgan fingerprint density at radius 2 is 1.36 bits per heavy atom. The summed E-state index contributed by atoms with van der Waals surface area (Å²) >= 11 is 0. The molecule has 0 atom stereocenters. The number of nitrogens with one attached hydrogen (secondary N) is 2. The van der Waals surface area contributed by atoms with Crippen LogP contribution in [0.15, 0.2) is 109 Å². The Kier molecular flexibility index (Phi) is 7.88. The van der Waals surface area contributed by atoms with Gasteiger partial charge in [-0.1, -0.05) is 84.9 Å². The summed E-state index contributed by atoms with van der Waals surface area (Å²) in [5.74, 6) is -1.11. The first-order chi connectivity index (χ1) is 17.5. The van der Waals surface area contributed by atoms with Crippen molar-refractivity contribution in [2.45, 2.75) is 19.4 Å². The number of hydrogen-bond acceptors (Lipinski definition) is 4. The van der Waals surface area contributed by atoms with E-state index < -0.39 is 11.9 Å². The number of benzene rings is 4. The van der Waals surface area contributed by atoms with Crippen molar-refractivity contribution >= 4 is 23.5 Å². The van der Waals surface area contributed by atoms with Crippen molar-refractivity contribution in [2.24, 2.45) is 0 Å². The molecular weight excluding hydrogens is 452 g/mol. The molecule has 0 saturated carbocycles. The molecule has 4 aromatic rings. The molecule has 0 unspecified atom stereocenters. The zero-order valence-corrected chi connectivity index (χ0v) is 19.8. The normalized spacial score (nSPS) is 10.5. The molecule has 0 aliphatic carbocycles. The molecule has 2 amide bonds. The Morgan fingerprint density at radius 1 is 0.750 bits per heavy atom. The van der Waals surface area contributed by atoms with E-state index in [2.05, 4.69) is 10.6 Å². The lowest BCUT2D eigenvalue weighted by Crippen LogP contribution is -2.30. The van der Waals surface area contributed by atoms with Gasteiger partial charge in [-0.15, -0.1) is 0 Å². The fourth-order valence-electron chi connectivity index (χ4n) is 3.93. The van der Waals surface area contributed by atoms with Gasteiger partial charge in [0.15, 0.2) is 0 Å². The lowest BCUT2D eigenvalue weighted by atomic mass is 9.90. The maximum Gasteiger partial charge on any atom is 0.308 e. The molecule has 0 bridgehead atoms. The number of rotatable bonds is 8. The summed E-state index contributed by atoms with van der Waals surface area (Å²) < 4.78 is 5.07. The first-order valence-corrected chi connectivity index (χ1v) is 11.6. The van der Waals surface area contributed by atoms with Crippen LogP contribution < -0.4 is 15.4 Å². The molecule has 4 aromatic carbocycles. The van der Waals surface area contributed by atoms with Gasteiger partial charge in [-0.3, -0.25) is 14.4 Å². The van der Waals surface area contributed by atoms with Crippen LogP contribution in [0.5, 0.6) is 5.75 Å². The van der Waals surface area contributed by atoms with E-state index in [4.69, 9.17) is 4.74 Å². The highest BCUT2D eigenvalue weighted by Crippen LogP contribution is 2.25. The minimum Gasteiger partial charge on any atom is -0.427 e. The van der Waals surface area contributed by atoms with E-state index in [1.807, 2.05) is 78.9 Å². The molecular formula is C30H26N2O4. The lowest BCUT2D eigenvalue weighted by Gasteiger charge is -2.19. The second kappa shape index (κ2) is 11.6. The highest BCUT2D eigenvalue weighted by Gasteiger charge is 2.22. The highest BCUT2D eigenvalue weighted by atomic mass is 16.5. The van der Waals surface area contributed by atoms with E-state index >= 15 is 0 Å². The Labute approximate surface area is 209 Å². The Hall–Kier alpha value is -4.71. The van der Waals surface area contributed by atoms with Gasteiger partial charge in [0.05, 0.1) is 5.92 Å². The summed E-state index contributed by atoms with van der Waals surface area (Å²) in [6.45, 7) is 1.54. The van der Waals surface area contributed by atoms with Crippen LogP contribution in [0.2, 0.25) is 0 Å². The molecule has 0 aliphatic heterocycles. The van der Waals surface area contributed by atoms with Gasteiger partial charge >= 0.3 is 5.97 Å². The van der Waals surface area contributed by atoms with Gasteiger partial charge in [-0.05, 0) is 41.0 Å². The van der Waals surface area contributed by atoms with Crippen molar-refractivity contribution in [1.29, 1.82) is 0 Å². The van der Waals surface area contributed by atoms with Crippen LogP contribution >= 0.6 is 0 Å². The van der Waals surface area contributed by atoms with Crippen LogP contribution in [-0.4, -0.2) is 17.8 Å². The van der Waals surface area contributed by atoms with Crippen LogP contribution in [0.3, 0.4) is 0 Å². The second-order valence-electron chi connectivity index (χ2n) is 8.20. The van der Waals surface area contributed by atoms with Crippen LogP contribution in [-0.2, 0) is 16.1 Å². The third-order valence-corrected chi connectivity index (χ3v) is 5.60. The smallest absolute Gasteiger partial charge is 0.308 e. The fraction of sp³-hybridized carbons (Fsp3) is 0.100. The van der Waals surface area contributed by atoms with Crippen molar-refractivity contribution in [1.82, 2.24) is 5.32 Å². The van der Waals surface area contributed by atoms with E-state index in [-0.39, 0.29) is 18.4 Å². The van der Waals surface area contributed by atoms with E-state index in [1.165, 1.54) is 13.0 Å². The zero-order valence-electron chi connectivity index (χ0n) is 19.8. The molecule has 2 N–H and O–H groups in total. The molecule has 0 fully saturated rings. The molecule has 180 valence electrons. The summed E-state index contributed by atoms with van der Waals surface area (Å²) in [5.41, 5.74) is 3.48. The van der Waals surface area contributed by atoms with E-state index in [9.17, 15) is 14.4 Å². The van der Waals surface area contributed by atoms with Gasteiger partial charge < -0.3 is 15.4 Å². The summed E-state index contributed by atoms with van der Waals surface area (Å²) in [6.07, 6.45) is 0. The summed E-state index contributed by atoms with van der Waals surface area (Å²) in [6, 6.07) is 33.0. The summed E-state index contributed by atoms with van der Waals surface area (Å²) in [4.78, 5) is 37.5. The average molecular weight is 479 g/mol. The molecule has 0 aromatic heterocycles. The minimum atomic E-state index is -0.460. The van der Waals surface area contributed by atoms with Gasteiger partial charge in [0.2, 0.25) is 5.91 Å². The number of anilines is 1. The van der Waals surface area contributed by atoms with Gasteiger partial charge in [-0.2, -0.15) is 0 Å². The lowest BCUT2D eigenvalue weighted by molar-refractivity contribution is -0.131. The third-order valence-electron chi connectivity index (χ3n) is 5.60. The Balaban J connectivity index is 1.49. The van der Waals surface area contributed by atoms with Crippen LogP contribution in [0.4, 0.5) is 5.69 Å². The van der Waals surface area contributed by atoms with Gasteiger partial charge in [-0.25, -0.2) is 0 Å². The molecule has 0 spiro atoms. The predicted molar refractivity (Wildman–Crippen MR) is 139 cm³/mol. The fourth-order valence-corrected chi connectivity index (χ4v) is 3.93. The van der Waals surface area contributed by atoms with Gasteiger partial charge in [0.1, 0.15) is 5.75 Å². The van der Waals surface area contributed by atoms with Crippen molar-refractivity contribution in [2.75, 3.05) is 5.32 Å². The number of carbonyl (C=O) groups excluding carboxylic acids is 3. The van der Waals surface area contributed by atoms with E-state index in [0.717, 1.165) is 16.7 Å². The molecule has 6 heteroatoms. The SMILES string of the molecule is CC(=O)Oc1cccc(C(=O)Nc2ccccc2CNC(=O)C(c2ccccc2)c2ccccc2)c1. The number of carbonyl (C=O) groups is 3. The van der Waals surface area contributed by atoms with Crippen molar-refractivity contribution in [3.8, 4) is 5.75 Å². The molecule has 0 saturated heterocycles. The summed E-state index contributed by atoms with van der Waals surface area (Å²) in [7, 11) is 0.